The van der Waals surface area contributed by atoms with Crippen LogP contribution in [0.15, 0.2) is 29.2 Å². The van der Waals surface area contributed by atoms with Crippen LogP contribution in [0.2, 0.25) is 0 Å². The van der Waals surface area contributed by atoms with E-state index in [-0.39, 0.29) is 16.8 Å². The summed E-state index contributed by atoms with van der Waals surface area (Å²) in [7, 11) is -3.52. The monoisotopic (exact) mass is 365 g/mol. The Hall–Kier alpha value is -1.44. The third kappa shape index (κ3) is 4.04. The Bertz CT molecular complexity index is 712. The van der Waals surface area contributed by atoms with E-state index in [9.17, 15) is 13.2 Å². The van der Waals surface area contributed by atoms with Gasteiger partial charge in [0.25, 0.3) is 5.91 Å². The maximum atomic E-state index is 12.7. The molecule has 2 aliphatic heterocycles. The van der Waals surface area contributed by atoms with Gasteiger partial charge >= 0.3 is 0 Å². The standard InChI is InChI=1S/C18H27N3O3S/c1-14(2)20-25(23,24)16-5-3-15(4-6-16)17(22)21-11-8-18(9-12-21)7-10-19-13-18/h3-6,14,19-20H,7-13H2,1-2H3. The molecular formula is C18H27N3O3S. The van der Waals surface area contributed by atoms with E-state index < -0.39 is 10.0 Å². The van der Waals surface area contributed by atoms with Gasteiger partial charge in [-0.15, -0.1) is 0 Å². The molecule has 1 amide bonds. The highest BCUT2D eigenvalue weighted by Crippen LogP contribution is 2.37. The van der Waals surface area contributed by atoms with Crippen LogP contribution >= 0.6 is 0 Å². The number of likely N-dealkylation sites (tertiary alicyclic amines) is 1. The highest BCUT2D eigenvalue weighted by atomic mass is 32.2. The molecule has 0 radical (unpaired) electrons. The van der Waals surface area contributed by atoms with Crippen molar-refractivity contribution in [3.8, 4) is 0 Å². The van der Waals surface area contributed by atoms with Gasteiger partial charge < -0.3 is 10.2 Å². The van der Waals surface area contributed by atoms with E-state index >= 15 is 0 Å². The predicted molar refractivity (Wildman–Crippen MR) is 97.0 cm³/mol. The highest BCUT2D eigenvalue weighted by molar-refractivity contribution is 7.89. The molecule has 6 nitrogen and oxygen atoms in total. The molecule has 0 aliphatic carbocycles. The molecule has 1 aromatic rings. The summed E-state index contributed by atoms with van der Waals surface area (Å²) < 4.78 is 26.9. The summed E-state index contributed by atoms with van der Waals surface area (Å²) in [5.74, 6) is -0.0124. The lowest BCUT2D eigenvalue weighted by molar-refractivity contribution is 0.0607. The van der Waals surface area contributed by atoms with Crippen molar-refractivity contribution in [2.24, 2.45) is 5.41 Å². The molecular weight excluding hydrogens is 338 g/mol. The third-order valence-electron chi connectivity index (χ3n) is 5.25. The lowest BCUT2D eigenvalue weighted by Crippen LogP contribution is -2.44. The summed E-state index contributed by atoms with van der Waals surface area (Å²) in [5, 5.41) is 3.43. The second kappa shape index (κ2) is 7.05. The zero-order chi connectivity index (χ0) is 18.1. The Kier molecular flexibility index (Phi) is 5.18. The van der Waals surface area contributed by atoms with E-state index in [1.165, 1.54) is 18.6 Å². The number of sulfonamides is 1. The average molecular weight is 365 g/mol. The van der Waals surface area contributed by atoms with Gasteiger partial charge in [-0.3, -0.25) is 4.79 Å². The van der Waals surface area contributed by atoms with Crippen LogP contribution in [0.5, 0.6) is 0 Å². The first-order valence-electron chi connectivity index (χ1n) is 8.94. The summed E-state index contributed by atoms with van der Waals surface area (Å²) in [6.45, 7) is 7.24. The zero-order valence-electron chi connectivity index (χ0n) is 14.9. The van der Waals surface area contributed by atoms with Crippen molar-refractivity contribution in [2.75, 3.05) is 26.2 Å². The van der Waals surface area contributed by atoms with Crippen molar-refractivity contribution in [3.63, 3.8) is 0 Å². The molecule has 0 aromatic heterocycles. The largest absolute Gasteiger partial charge is 0.339 e. The Morgan fingerprint density at radius 2 is 1.80 bits per heavy atom. The number of carbonyl (C=O) groups excluding carboxylic acids is 1. The molecule has 2 N–H and O–H groups in total. The second-order valence-corrected chi connectivity index (χ2v) is 9.23. The quantitative estimate of drug-likeness (QED) is 0.849. The molecule has 2 fully saturated rings. The number of rotatable bonds is 4. The van der Waals surface area contributed by atoms with Gasteiger partial charge in [0, 0.05) is 31.2 Å². The van der Waals surface area contributed by atoms with Crippen LogP contribution in [0.1, 0.15) is 43.5 Å². The Morgan fingerprint density at radius 3 is 2.32 bits per heavy atom. The predicted octanol–water partition coefficient (Wildman–Crippen LogP) is 1.59. The summed E-state index contributed by atoms with van der Waals surface area (Å²) in [4.78, 5) is 14.8. The molecule has 138 valence electrons. The van der Waals surface area contributed by atoms with Crippen LogP contribution in [0.3, 0.4) is 0 Å². The van der Waals surface area contributed by atoms with Crippen molar-refractivity contribution in [2.45, 2.75) is 44.0 Å². The van der Waals surface area contributed by atoms with Gasteiger partial charge in [-0.05, 0) is 69.3 Å². The molecule has 25 heavy (non-hydrogen) atoms. The molecule has 0 saturated carbocycles. The first kappa shape index (κ1) is 18.4. The summed E-state index contributed by atoms with van der Waals surface area (Å²) in [6.07, 6.45) is 3.28. The molecule has 2 heterocycles. The lowest BCUT2D eigenvalue weighted by atomic mass is 9.78. The van der Waals surface area contributed by atoms with E-state index in [0.29, 0.717) is 11.0 Å². The highest BCUT2D eigenvalue weighted by Gasteiger charge is 2.38. The minimum absolute atomic E-state index is 0.0124. The summed E-state index contributed by atoms with van der Waals surface area (Å²) >= 11 is 0. The Morgan fingerprint density at radius 1 is 1.16 bits per heavy atom. The van der Waals surface area contributed by atoms with Gasteiger partial charge in [0.15, 0.2) is 0 Å². The number of piperidine rings is 1. The molecule has 2 saturated heterocycles. The molecule has 0 unspecified atom stereocenters. The molecule has 1 aromatic carbocycles. The van der Waals surface area contributed by atoms with Gasteiger partial charge in [0.2, 0.25) is 10.0 Å². The van der Waals surface area contributed by atoms with Crippen molar-refractivity contribution in [3.05, 3.63) is 29.8 Å². The van der Waals surface area contributed by atoms with Gasteiger partial charge in [0.05, 0.1) is 4.90 Å². The molecule has 0 atom stereocenters. The minimum atomic E-state index is -3.52. The molecule has 3 rings (SSSR count). The van der Waals surface area contributed by atoms with Crippen molar-refractivity contribution in [1.82, 2.24) is 14.9 Å². The zero-order valence-corrected chi connectivity index (χ0v) is 15.7. The van der Waals surface area contributed by atoms with Crippen LogP contribution < -0.4 is 10.0 Å². The van der Waals surface area contributed by atoms with Gasteiger partial charge in [-0.25, -0.2) is 13.1 Å². The van der Waals surface area contributed by atoms with E-state index in [0.717, 1.165) is 39.0 Å². The fourth-order valence-electron chi connectivity index (χ4n) is 3.74. The topological polar surface area (TPSA) is 78.5 Å². The first-order valence-corrected chi connectivity index (χ1v) is 10.4. The summed E-state index contributed by atoms with van der Waals surface area (Å²) in [5.41, 5.74) is 0.918. The van der Waals surface area contributed by atoms with E-state index in [1.807, 2.05) is 4.90 Å². The van der Waals surface area contributed by atoms with Crippen LogP contribution in [-0.2, 0) is 10.0 Å². The van der Waals surface area contributed by atoms with Gasteiger partial charge in [-0.1, -0.05) is 0 Å². The molecule has 2 aliphatic rings. The maximum absolute atomic E-state index is 12.7. The number of hydrogen-bond donors (Lipinski definition) is 2. The van der Waals surface area contributed by atoms with Crippen LogP contribution in [0.4, 0.5) is 0 Å². The van der Waals surface area contributed by atoms with Crippen LogP contribution in [0.25, 0.3) is 0 Å². The van der Waals surface area contributed by atoms with E-state index in [2.05, 4.69) is 10.0 Å². The number of benzene rings is 1. The fraction of sp³-hybridized carbons (Fsp3) is 0.611. The third-order valence-corrected chi connectivity index (χ3v) is 6.92. The smallest absolute Gasteiger partial charge is 0.253 e. The normalized spacial score (nSPS) is 20.4. The van der Waals surface area contributed by atoms with Crippen molar-refractivity contribution in [1.29, 1.82) is 0 Å². The number of nitrogens with zero attached hydrogens (tertiary/aromatic N) is 1. The molecule has 1 spiro atoms. The number of carbonyl (C=O) groups is 1. The Balaban J connectivity index is 1.65. The van der Waals surface area contributed by atoms with E-state index in [1.54, 1.807) is 26.0 Å². The SMILES string of the molecule is CC(C)NS(=O)(=O)c1ccc(C(=O)N2CCC3(CCNC3)CC2)cc1. The molecule has 0 bridgehead atoms. The molecule has 7 heteroatoms. The van der Waals surface area contributed by atoms with Gasteiger partial charge in [-0.2, -0.15) is 0 Å². The lowest BCUT2D eigenvalue weighted by Gasteiger charge is -2.38. The summed E-state index contributed by atoms with van der Waals surface area (Å²) in [6, 6.07) is 6.06. The number of hydrogen-bond acceptors (Lipinski definition) is 4. The van der Waals surface area contributed by atoms with Crippen LogP contribution in [0, 0.1) is 5.41 Å². The second-order valence-electron chi connectivity index (χ2n) is 7.52. The Labute approximate surface area is 150 Å². The fourth-order valence-corrected chi connectivity index (χ4v) is 5.00. The first-order chi connectivity index (χ1) is 11.8. The number of amides is 1. The van der Waals surface area contributed by atoms with Crippen molar-refractivity contribution >= 4 is 15.9 Å². The van der Waals surface area contributed by atoms with Crippen molar-refractivity contribution < 1.29 is 13.2 Å². The number of nitrogens with one attached hydrogen (secondary N) is 2. The average Bonchev–Trinajstić information content (AvgIpc) is 3.02. The van der Waals surface area contributed by atoms with Crippen LogP contribution in [-0.4, -0.2) is 51.4 Å². The van der Waals surface area contributed by atoms with E-state index in [4.69, 9.17) is 0 Å². The minimum Gasteiger partial charge on any atom is -0.339 e. The maximum Gasteiger partial charge on any atom is 0.253 e. The van der Waals surface area contributed by atoms with Gasteiger partial charge in [0.1, 0.15) is 0 Å².